The third-order valence-corrected chi connectivity index (χ3v) is 11.1. The van der Waals surface area contributed by atoms with E-state index in [2.05, 4.69) is 0 Å². The quantitative estimate of drug-likeness (QED) is 0.165. The van der Waals surface area contributed by atoms with Crippen LogP contribution in [0.15, 0.2) is 206 Å². The molecule has 0 bridgehead atoms. The van der Waals surface area contributed by atoms with E-state index in [4.69, 9.17) is 15.1 Å². The molecule has 0 spiro atoms. The summed E-state index contributed by atoms with van der Waals surface area (Å²) in [5.41, 5.74) is 0.203. The zero-order valence-corrected chi connectivity index (χ0v) is 30.0. The Morgan fingerprint density at radius 1 is 0.351 bits per heavy atom. The molecule has 0 aliphatic heterocycles. The van der Waals surface area contributed by atoms with Gasteiger partial charge in [0.2, 0.25) is 0 Å². The van der Waals surface area contributed by atoms with E-state index >= 15 is 0 Å². The van der Waals surface area contributed by atoms with Crippen LogP contribution in [0.1, 0.15) is 30.2 Å². The molecule has 266 valence electrons. The van der Waals surface area contributed by atoms with Gasteiger partial charge in [-0.15, -0.1) is 11.3 Å². The summed E-state index contributed by atoms with van der Waals surface area (Å²) in [7, 11) is 0. The molecular weight excluding hydrogens is 709 g/mol. The molecule has 0 aliphatic rings. The summed E-state index contributed by atoms with van der Waals surface area (Å²) < 4.78 is 203. The summed E-state index contributed by atoms with van der Waals surface area (Å²) >= 11 is 0.730. The summed E-state index contributed by atoms with van der Waals surface area (Å²) in [4.78, 5) is 0. The monoisotopic (exact) mass is 764 g/mol. The highest BCUT2D eigenvalue weighted by Gasteiger charge is 2.19. The second kappa shape index (κ2) is 12.7. The molecule has 3 heterocycles. The van der Waals surface area contributed by atoms with Crippen LogP contribution in [0.25, 0.3) is 109 Å². The molecule has 0 fully saturated rings. The molecule has 0 atom stereocenters. The lowest BCUT2D eigenvalue weighted by Crippen LogP contribution is -1.96. The first kappa shape index (κ1) is 17.3. The van der Waals surface area contributed by atoms with E-state index in [-0.39, 0.29) is 86.0 Å². The van der Waals surface area contributed by atoms with Gasteiger partial charge in [-0.3, -0.25) is 0 Å². The van der Waals surface area contributed by atoms with Gasteiger partial charge in [-0.1, -0.05) is 151 Å². The van der Waals surface area contributed by atoms with E-state index < -0.39 is 139 Å². The molecular formula is C54H34N2S. The SMILES string of the molecule is [2H]c1cc(-c2c([2H])c([2H])c3c(sc4c([2H])c(-n5c6c([2H])cc(-c7cc([2H])c([2H])c8c9c([2H])c([2H])c([2H])c([2H])c9n(-c9ccc(-c%10ccccc%10)cc9)c78)c([2H])c6c6c([2H])c([2H])c([2H])c([2H])c65)c([2H])c([2H])c43)c2[2H])c([2H])c([2H])c1[2H]. The van der Waals surface area contributed by atoms with Crippen molar-refractivity contribution in [1.82, 2.24) is 9.13 Å². The Morgan fingerprint density at radius 2 is 1.04 bits per heavy atom. The third-order valence-electron chi connectivity index (χ3n) is 10.0. The summed E-state index contributed by atoms with van der Waals surface area (Å²) in [6.45, 7) is 0. The highest BCUT2D eigenvalue weighted by atomic mass is 32.1. The van der Waals surface area contributed by atoms with Crippen LogP contribution in [0, 0.1) is 0 Å². The van der Waals surface area contributed by atoms with Crippen molar-refractivity contribution in [2.24, 2.45) is 0 Å². The number of benzene rings is 9. The fourth-order valence-electron chi connectivity index (χ4n) is 7.49. The van der Waals surface area contributed by atoms with Gasteiger partial charge in [0.25, 0.3) is 0 Å². The third kappa shape index (κ3) is 5.03. The average Bonchev–Trinajstić information content (AvgIpc) is 3.02. The van der Waals surface area contributed by atoms with Gasteiger partial charge < -0.3 is 9.13 Å². The fourth-order valence-corrected chi connectivity index (χ4v) is 8.51. The Morgan fingerprint density at radius 3 is 1.88 bits per heavy atom. The van der Waals surface area contributed by atoms with Gasteiger partial charge in [-0.05, 0) is 82.2 Å². The minimum absolute atomic E-state index is 0.00237. The maximum absolute atomic E-state index is 10.1. The minimum atomic E-state index is -0.756. The lowest BCUT2D eigenvalue weighted by molar-refractivity contribution is 1.18. The van der Waals surface area contributed by atoms with E-state index in [0.29, 0.717) is 5.69 Å². The van der Waals surface area contributed by atoms with Crippen LogP contribution in [0.2, 0.25) is 0 Å². The Hall–Kier alpha value is -7.20. The molecule has 0 saturated heterocycles. The summed E-state index contributed by atoms with van der Waals surface area (Å²) in [6.07, 6.45) is 0. The first-order chi connectivity index (χ1) is 37.4. The Kier molecular flexibility index (Phi) is 3.85. The number of thiophene rings is 1. The molecule has 3 aromatic heterocycles. The van der Waals surface area contributed by atoms with E-state index in [9.17, 15) is 15.1 Å². The topological polar surface area (TPSA) is 9.86 Å². The molecule has 0 amide bonds. The molecule has 2 nitrogen and oxygen atoms in total. The maximum atomic E-state index is 10.1. The van der Waals surface area contributed by atoms with Crippen LogP contribution in [0.3, 0.4) is 0 Å². The second-order valence-corrected chi connectivity index (χ2v) is 14.2. The van der Waals surface area contributed by atoms with Crippen LogP contribution in [0.4, 0.5) is 0 Å². The Labute approximate surface area is 364 Å². The average molecular weight is 765 g/mol. The molecule has 12 rings (SSSR count). The lowest BCUT2D eigenvalue weighted by atomic mass is 9.99. The van der Waals surface area contributed by atoms with Gasteiger partial charge in [0.15, 0.2) is 0 Å². The van der Waals surface area contributed by atoms with E-state index in [1.165, 1.54) is 16.7 Å². The highest BCUT2D eigenvalue weighted by Crippen LogP contribution is 2.42. The molecule has 0 radical (unpaired) electrons. The molecule has 0 aliphatic carbocycles. The number of rotatable bonds is 5. The molecule has 9 aromatic carbocycles. The lowest BCUT2D eigenvalue weighted by Gasteiger charge is -2.13. The summed E-state index contributed by atoms with van der Waals surface area (Å²) in [5.74, 6) is 0. The maximum Gasteiger partial charge on any atom is 0.0660 e. The van der Waals surface area contributed by atoms with Crippen molar-refractivity contribution in [3.63, 3.8) is 0 Å². The smallest absolute Gasteiger partial charge is 0.0660 e. The number of hydrogen-bond acceptors (Lipinski definition) is 1. The first-order valence-electron chi connectivity index (χ1n) is 28.7. The largest absolute Gasteiger partial charge is 0.309 e. The first-order valence-corrected chi connectivity index (χ1v) is 18.5. The zero-order valence-electron chi connectivity index (χ0n) is 51.2. The van der Waals surface area contributed by atoms with Gasteiger partial charge in [-0.2, -0.15) is 0 Å². The normalized spacial score (nSPS) is 17.3. The predicted molar refractivity (Wildman–Crippen MR) is 244 cm³/mol. The van der Waals surface area contributed by atoms with Gasteiger partial charge >= 0.3 is 0 Å². The van der Waals surface area contributed by atoms with E-state index in [0.717, 1.165) is 33.1 Å². The van der Waals surface area contributed by atoms with Gasteiger partial charge in [0, 0.05) is 58.7 Å². The number of para-hydroxylation sites is 3. The van der Waals surface area contributed by atoms with Crippen molar-refractivity contribution in [1.29, 1.82) is 0 Å². The summed E-state index contributed by atoms with van der Waals surface area (Å²) in [6, 6.07) is 7.40. The van der Waals surface area contributed by atoms with Crippen LogP contribution >= 0.6 is 11.3 Å². The standard InChI is InChI=1S/C54H34N2S/c1-3-12-35(13-4-1)37-22-26-40(27-23-37)56-50-21-10-7-16-43(50)47-19-11-18-42(54(47)56)39-25-31-51-48(32-39)44-17-8-9-20-49(44)55(51)41-28-30-46-45-29-24-38(36-14-5-2-6-15-36)33-52(45)57-53(46)34-41/h1-34H/i2D,5D,6D,7D,8D,9D,10D,11D,14D,16D,17D,19D,20D,21D,24D,28D,29D,30D,31D,32D,33D,34D. The molecule has 3 heteroatoms. The minimum Gasteiger partial charge on any atom is -0.309 e. The van der Waals surface area contributed by atoms with E-state index in [1.54, 1.807) is 24.3 Å². The van der Waals surface area contributed by atoms with Crippen LogP contribution in [-0.2, 0) is 0 Å². The number of nitrogens with zero attached hydrogens (tertiary/aromatic N) is 2. The highest BCUT2D eigenvalue weighted by molar-refractivity contribution is 7.25. The number of fused-ring (bicyclic) bond motifs is 9. The van der Waals surface area contributed by atoms with Crippen molar-refractivity contribution >= 4 is 75.1 Å². The van der Waals surface area contributed by atoms with Crippen molar-refractivity contribution < 1.29 is 30.2 Å². The van der Waals surface area contributed by atoms with Crippen molar-refractivity contribution in [2.45, 2.75) is 0 Å². The van der Waals surface area contributed by atoms with Crippen LogP contribution in [-0.4, -0.2) is 9.13 Å². The molecule has 0 N–H and O–H groups in total. The van der Waals surface area contributed by atoms with Gasteiger partial charge in [0.1, 0.15) is 0 Å². The number of hydrogen-bond donors (Lipinski definition) is 0. The molecule has 57 heavy (non-hydrogen) atoms. The van der Waals surface area contributed by atoms with Crippen LogP contribution < -0.4 is 0 Å². The fraction of sp³-hybridized carbons (Fsp3) is 0. The molecule has 0 unspecified atom stereocenters. The number of aromatic nitrogens is 2. The summed E-state index contributed by atoms with van der Waals surface area (Å²) in [5, 5.41) is -1.10. The van der Waals surface area contributed by atoms with E-state index in [1.807, 2.05) is 30.3 Å². The van der Waals surface area contributed by atoms with Gasteiger partial charge in [-0.25, -0.2) is 0 Å². The Bertz CT molecular complexity index is 4790. The predicted octanol–water partition coefficient (Wildman–Crippen LogP) is 15.2. The van der Waals surface area contributed by atoms with Crippen molar-refractivity contribution in [2.75, 3.05) is 0 Å². The second-order valence-electron chi connectivity index (χ2n) is 13.2. The molecule has 12 aromatic rings. The Balaban J connectivity index is 1.20. The molecule has 0 saturated carbocycles. The van der Waals surface area contributed by atoms with Crippen molar-refractivity contribution in [3.8, 4) is 44.8 Å². The zero-order chi connectivity index (χ0) is 56.6. The van der Waals surface area contributed by atoms with Crippen LogP contribution in [0.5, 0.6) is 0 Å². The van der Waals surface area contributed by atoms with Crippen molar-refractivity contribution in [3.05, 3.63) is 206 Å². The van der Waals surface area contributed by atoms with Gasteiger partial charge in [0.05, 0.1) is 52.2 Å².